The molecular weight excluding hydrogens is 379 g/mol. The van der Waals surface area contributed by atoms with Crippen molar-refractivity contribution in [2.75, 3.05) is 4.72 Å². The van der Waals surface area contributed by atoms with E-state index in [0.29, 0.717) is 16.8 Å². The first-order valence-electron chi connectivity index (χ1n) is 7.76. The Morgan fingerprint density at radius 1 is 1.00 bits per heavy atom. The highest BCUT2D eigenvalue weighted by Crippen LogP contribution is 2.34. The molecule has 0 fully saturated rings. The van der Waals surface area contributed by atoms with E-state index in [4.69, 9.17) is 5.11 Å². The van der Waals surface area contributed by atoms with Crippen molar-refractivity contribution in [3.8, 4) is 11.3 Å². The molecular formula is C18H14F3N3O2S. The van der Waals surface area contributed by atoms with Crippen molar-refractivity contribution in [2.45, 2.75) is 17.7 Å². The Bertz CT molecular complexity index is 963. The number of hydrogen-bond donors (Lipinski definition) is 2. The summed E-state index contributed by atoms with van der Waals surface area (Å²) in [6.45, 7) is -0.121. The summed E-state index contributed by atoms with van der Waals surface area (Å²) in [7, 11) is -2.19. The van der Waals surface area contributed by atoms with Crippen molar-refractivity contribution in [3.05, 3.63) is 72.1 Å². The predicted octanol–water partition coefficient (Wildman–Crippen LogP) is 3.79. The van der Waals surface area contributed by atoms with Crippen LogP contribution in [-0.2, 0) is 23.8 Å². The Balaban J connectivity index is 1.94. The molecule has 0 saturated heterocycles. The average Bonchev–Trinajstić information content (AvgIpc) is 2.68. The standard InChI is InChI=1S/C18H14F3N3O2S/c19-18(20,21)14-3-1-2-4-15(14)27(26)24-17-16(22-9-10-23-17)13-7-5-12(11-25)6-8-13/h1-10,25H,11H2,(H,23,24). The van der Waals surface area contributed by atoms with Crippen molar-refractivity contribution < 1.29 is 22.5 Å². The van der Waals surface area contributed by atoms with Crippen molar-refractivity contribution in [1.29, 1.82) is 0 Å². The molecule has 1 aromatic heterocycles. The number of benzene rings is 2. The van der Waals surface area contributed by atoms with Gasteiger partial charge in [0.1, 0.15) is 5.69 Å². The van der Waals surface area contributed by atoms with Gasteiger partial charge in [-0.25, -0.2) is 9.19 Å². The molecule has 3 rings (SSSR count). The van der Waals surface area contributed by atoms with Gasteiger partial charge in [-0.3, -0.25) is 9.71 Å². The molecule has 2 aromatic carbocycles. The number of aromatic nitrogens is 2. The molecule has 0 aliphatic heterocycles. The van der Waals surface area contributed by atoms with Crippen LogP contribution in [-0.4, -0.2) is 19.3 Å². The average molecular weight is 393 g/mol. The molecule has 2 N–H and O–H groups in total. The van der Waals surface area contributed by atoms with Crippen molar-refractivity contribution >= 4 is 16.8 Å². The van der Waals surface area contributed by atoms with Crippen molar-refractivity contribution in [3.63, 3.8) is 0 Å². The van der Waals surface area contributed by atoms with Crippen molar-refractivity contribution in [2.24, 2.45) is 0 Å². The Labute approximate surface area is 155 Å². The number of rotatable bonds is 5. The van der Waals surface area contributed by atoms with Crippen LogP contribution in [0.5, 0.6) is 0 Å². The van der Waals surface area contributed by atoms with Gasteiger partial charge in [-0.2, -0.15) is 13.2 Å². The van der Waals surface area contributed by atoms with E-state index in [1.807, 2.05) is 0 Å². The maximum atomic E-state index is 13.2. The van der Waals surface area contributed by atoms with Gasteiger partial charge in [-0.15, -0.1) is 0 Å². The molecule has 140 valence electrons. The van der Waals surface area contributed by atoms with Crippen LogP contribution in [0.4, 0.5) is 19.0 Å². The maximum absolute atomic E-state index is 13.2. The maximum Gasteiger partial charge on any atom is 0.417 e. The quantitative estimate of drug-likeness (QED) is 0.692. The molecule has 0 aliphatic rings. The first-order valence-corrected chi connectivity index (χ1v) is 8.91. The molecule has 0 saturated carbocycles. The highest BCUT2D eigenvalue weighted by atomic mass is 32.2. The zero-order valence-corrected chi connectivity index (χ0v) is 14.6. The number of aliphatic hydroxyl groups is 1. The predicted molar refractivity (Wildman–Crippen MR) is 94.9 cm³/mol. The van der Waals surface area contributed by atoms with Gasteiger partial charge in [0.25, 0.3) is 0 Å². The second kappa shape index (κ2) is 7.85. The molecule has 27 heavy (non-hydrogen) atoms. The van der Waals surface area contributed by atoms with Gasteiger partial charge < -0.3 is 5.11 Å². The molecule has 0 radical (unpaired) electrons. The van der Waals surface area contributed by atoms with E-state index in [9.17, 15) is 17.4 Å². The molecule has 9 heteroatoms. The smallest absolute Gasteiger partial charge is 0.392 e. The molecule has 0 aliphatic carbocycles. The topological polar surface area (TPSA) is 75.1 Å². The number of halogens is 3. The van der Waals surface area contributed by atoms with Crippen LogP contribution >= 0.6 is 0 Å². The number of hydrogen-bond acceptors (Lipinski definition) is 4. The summed E-state index contributed by atoms with van der Waals surface area (Å²) in [5.74, 6) is 0.0876. The SMILES string of the molecule is O=S(Nc1nccnc1-c1ccc(CO)cc1)c1ccccc1C(F)(F)F. The van der Waals surface area contributed by atoms with Crippen LogP contribution in [0, 0.1) is 0 Å². The third-order valence-corrected chi connectivity index (χ3v) is 4.82. The summed E-state index contributed by atoms with van der Waals surface area (Å²) in [6.07, 6.45) is -1.85. The largest absolute Gasteiger partial charge is 0.417 e. The van der Waals surface area contributed by atoms with Gasteiger partial charge >= 0.3 is 6.18 Å². The summed E-state index contributed by atoms with van der Waals surface area (Å²) >= 11 is 0. The minimum absolute atomic E-state index is 0.0876. The van der Waals surface area contributed by atoms with E-state index in [1.165, 1.54) is 24.5 Å². The van der Waals surface area contributed by atoms with Crippen LogP contribution in [0.2, 0.25) is 0 Å². The lowest BCUT2D eigenvalue weighted by Crippen LogP contribution is -2.15. The van der Waals surface area contributed by atoms with Gasteiger partial charge in [-0.1, -0.05) is 36.4 Å². The first kappa shape index (κ1) is 19.0. The Morgan fingerprint density at radius 3 is 2.33 bits per heavy atom. The fourth-order valence-electron chi connectivity index (χ4n) is 2.40. The van der Waals surface area contributed by atoms with Crippen LogP contribution in [0.25, 0.3) is 11.3 Å². The van der Waals surface area contributed by atoms with E-state index < -0.39 is 27.6 Å². The molecule has 3 aromatic rings. The number of aliphatic hydroxyl groups excluding tert-OH is 1. The summed E-state index contributed by atoms with van der Waals surface area (Å²) in [6, 6.07) is 11.4. The highest BCUT2D eigenvalue weighted by molar-refractivity contribution is 7.86. The Morgan fingerprint density at radius 2 is 1.67 bits per heavy atom. The van der Waals surface area contributed by atoms with Gasteiger partial charge in [0.15, 0.2) is 16.8 Å². The Kier molecular flexibility index (Phi) is 5.52. The van der Waals surface area contributed by atoms with Gasteiger partial charge in [0.2, 0.25) is 0 Å². The molecule has 1 atom stereocenters. The fourth-order valence-corrected chi connectivity index (χ4v) is 3.42. The molecule has 0 bridgehead atoms. The van der Waals surface area contributed by atoms with Crippen LogP contribution < -0.4 is 4.72 Å². The summed E-state index contributed by atoms with van der Waals surface area (Å²) < 4.78 is 54.5. The number of anilines is 1. The summed E-state index contributed by atoms with van der Waals surface area (Å²) in [4.78, 5) is 7.84. The molecule has 5 nitrogen and oxygen atoms in total. The zero-order valence-electron chi connectivity index (χ0n) is 13.8. The van der Waals surface area contributed by atoms with E-state index in [1.54, 1.807) is 24.3 Å². The molecule has 1 unspecified atom stereocenters. The number of nitrogens with one attached hydrogen (secondary N) is 1. The highest BCUT2D eigenvalue weighted by Gasteiger charge is 2.34. The lowest BCUT2D eigenvalue weighted by atomic mass is 10.1. The Hall–Kier alpha value is -2.78. The first-order chi connectivity index (χ1) is 12.9. The van der Waals surface area contributed by atoms with Gasteiger partial charge in [-0.05, 0) is 17.7 Å². The van der Waals surface area contributed by atoms with Gasteiger partial charge in [0, 0.05) is 18.0 Å². The van der Waals surface area contributed by atoms with E-state index in [-0.39, 0.29) is 12.4 Å². The third kappa shape index (κ3) is 4.32. The minimum atomic E-state index is -4.63. The molecule has 0 amide bonds. The lowest BCUT2D eigenvalue weighted by molar-refractivity contribution is -0.139. The third-order valence-electron chi connectivity index (χ3n) is 3.69. The second-order valence-corrected chi connectivity index (χ2v) is 6.65. The van der Waals surface area contributed by atoms with Crippen LogP contribution in [0.1, 0.15) is 11.1 Å². The number of nitrogens with zero attached hydrogens (tertiary/aromatic N) is 2. The van der Waals surface area contributed by atoms with Crippen molar-refractivity contribution in [1.82, 2.24) is 9.97 Å². The fraction of sp³-hybridized carbons (Fsp3) is 0.111. The van der Waals surface area contributed by atoms with Crippen LogP contribution in [0.3, 0.4) is 0 Å². The van der Waals surface area contributed by atoms with E-state index in [2.05, 4.69) is 14.7 Å². The minimum Gasteiger partial charge on any atom is -0.392 e. The lowest BCUT2D eigenvalue weighted by Gasteiger charge is -2.14. The number of alkyl halides is 3. The summed E-state index contributed by atoms with van der Waals surface area (Å²) in [5.41, 5.74) is 0.664. The van der Waals surface area contributed by atoms with E-state index >= 15 is 0 Å². The second-order valence-electron chi connectivity index (χ2n) is 5.47. The molecule has 0 spiro atoms. The normalized spacial score (nSPS) is 12.6. The van der Waals surface area contributed by atoms with Gasteiger partial charge in [0.05, 0.1) is 17.1 Å². The monoisotopic (exact) mass is 393 g/mol. The summed E-state index contributed by atoms with van der Waals surface area (Å²) in [5, 5.41) is 9.12. The van der Waals surface area contributed by atoms with Crippen LogP contribution in [0.15, 0.2) is 65.8 Å². The van der Waals surface area contributed by atoms with E-state index in [0.717, 1.165) is 12.1 Å². The zero-order chi connectivity index (χ0) is 19.4. The molecule has 1 heterocycles.